The molecule has 1 aromatic heterocycles. The fourth-order valence-electron chi connectivity index (χ4n) is 4.08. The highest BCUT2D eigenvalue weighted by Crippen LogP contribution is 2.28. The minimum Gasteiger partial charge on any atom is -0.508 e. The van der Waals surface area contributed by atoms with Crippen molar-refractivity contribution in [2.75, 3.05) is 18.0 Å². The number of aryl methyl sites for hydroxylation is 1. The number of carbonyl (C=O) groups is 1. The van der Waals surface area contributed by atoms with Gasteiger partial charge in [-0.3, -0.25) is 0 Å². The van der Waals surface area contributed by atoms with Crippen molar-refractivity contribution in [1.82, 2.24) is 9.97 Å². The minimum absolute atomic E-state index is 0. The molecular formula is C25H28ClN3O4. The Morgan fingerprint density at radius 1 is 1.06 bits per heavy atom. The Morgan fingerprint density at radius 2 is 1.73 bits per heavy atom. The zero-order chi connectivity index (χ0) is 22.5. The van der Waals surface area contributed by atoms with Crippen molar-refractivity contribution >= 4 is 24.1 Å². The third-order valence-electron chi connectivity index (χ3n) is 5.81. The molecule has 33 heavy (non-hydrogen) atoms. The predicted molar refractivity (Wildman–Crippen MR) is 128 cm³/mol. The largest absolute Gasteiger partial charge is 0.508 e. The maximum absolute atomic E-state index is 11.9. The van der Waals surface area contributed by atoms with Crippen LogP contribution in [0, 0.1) is 12.8 Å². The predicted octanol–water partition coefficient (Wildman–Crippen LogP) is 4.65. The first kappa shape index (κ1) is 24.3. The van der Waals surface area contributed by atoms with Crippen LogP contribution < -0.4 is 9.64 Å². The number of carboxylic acids is 1. The van der Waals surface area contributed by atoms with Gasteiger partial charge in [0, 0.05) is 25.2 Å². The molecule has 7 nitrogen and oxygen atoms in total. The molecule has 1 aliphatic rings. The van der Waals surface area contributed by atoms with E-state index in [1.807, 2.05) is 42.5 Å². The van der Waals surface area contributed by atoms with Crippen molar-refractivity contribution in [1.29, 1.82) is 0 Å². The smallest absolute Gasteiger partial charge is 0.358 e. The summed E-state index contributed by atoms with van der Waals surface area (Å²) in [6, 6.07) is 16.9. The molecule has 0 aliphatic carbocycles. The Morgan fingerprint density at radius 3 is 2.36 bits per heavy atom. The summed E-state index contributed by atoms with van der Waals surface area (Å²) in [7, 11) is 0. The standard InChI is InChI=1S/C25H27N3O4.ClH/c1-17-24(32-16-19-5-3-2-4-6-19)23(25(30)31)27-22(26-17)15-18-11-13-28(14-12-18)20-7-9-21(29)10-8-20;/h2-10,18,29H,11-16H2,1H3,(H,30,31);1H. The van der Waals surface area contributed by atoms with Gasteiger partial charge in [0.2, 0.25) is 0 Å². The lowest BCUT2D eigenvalue weighted by atomic mass is 9.93. The SMILES string of the molecule is Cc1nc(CC2CCN(c3ccc(O)cc3)CC2)nc(C(=O)O)c1OCc1ccccc1.Cl. The van der Waals surface area contributed by atoms with Gasteiger partial charge >= 0.3 is 5.97 Å². The molecule has 174 valence electrons. The van der Waals surface area contributed by atoms with Crippen LogP contribution >= 0.6 is 12.4 Å². The number of halogens is 1. The molecule has 2 aromatic carbocycles. The molecule has 0 saturated carbocycles. The topological polar surface area (TPSA) is 95.8 Å². The summed E-state index contributed by atoms with van der Waals surface area (Å²) >= 11 is 0. The molecule has 0 spiro atoms. The van der Waals surface area contributed by atoms with Crippen LogP contribution in [0.25, 0.3) is 0 Å². The van der Waals surface area contributed by atoms with Crippen molar-refractivity contribution in [2.24, 2.45) is 5.92 Å². The van der Waals surface area contributed by atoms with Crippen LogP contribution in [0.5, 0.6) is 11.5 Å². The Bertz CT molecular complexity index is 1070. The van der Waals surface area contributed by atoms with Gasteiger partial charge in [-0.1, -0.05) is 30.3 Å². The Kier molecular flexibility index (Phi) is 8.11. The fourth-order valence-corrected chi connectivity index (χ4v) is 4.08. The molecule has 0 unspecified atom stereocenters. The summed E-state index contributed by atoms with van der Waals surface area (Å²) in [6.07, 6.45) is 2.58. The summed E-state index contributed by atoms with van der Waals surface area (Å²) in [5.41, 5.74) is 2.52. The summed E-state index contributed by atoms with van der Waals surface area (Å²) in [5.74, 6) is 0.325. The molecule has 0 atom stereocenters. The number of nitrogens with zero attached hydrogens (tertiary/aromatic N) is 3. The number of benzene rings is 2. The molecule has 0 amide bonds. The summed E-state index contributed by atoms with van der Waals surface area (Å²) < 4.78 is 5.80. The summed E-state index contributed by atoms with van der Waals surface area (Å²) in [6.45, 7) is 3.84. The van der Waals surface area contributed by atoms with Crippen LogP contribution in [-0.2, 0) is 13.0 Å². The normalized spacial score (nSPS) is 13.9. The highest BCUT2D eigenvalue weighted by Gasteiger charge is 2.24. The average Bonchev–Trinajstić information content (AvgIpc) is 2.80. The third kappa shape index (κ3) is 6.14. The molecule has 1 saturated heterocycles. The second-order valence-corrected chi connectivity index (χ2v) is 8.13. The van der Waals surface area contributed by atoms with Gasteiger partial charge in [-0.25, -0.2) is 14.8 Å². The monoisotopic (exact) mass is 469 g/mol. The van der Waals surface area contributed by atoms with Crippen molar-refractivity contribution in [3.05, 3.63) is 77.4 Å². The van der Waals surface area contributed by atoms with Gasteiger partial charge in [-0.05, 0) is 55.5 Å². The van der Waals surface area contributed by atoms with Gasteiger partial charge in [-0.15, -0.1) is 12.4 Å². The van der Waals surface area contributed by atoms with E-state index in [9.17, 15) is 15.0 Å². The maximum atomic E-state index is 11.9. The number of phenols is 1. The first-order valence-corrected chi connectivity index (χ1v) is 10.8. The van der Waals surface area contributed by atoms with Gasteiger partial charge in [0.1, 0.15) is 18.2 Å². The first-order valence-electron chi connectivity index (χ1n) is 10.8. The van der Waals surface area contributed by atoms with E-state index in [1.54, 1.807) is 19.1 Å². The van der Waals surface area contributed by atoms with E-state index < -0.39 is 5.97 Å². The molecule has 1 fully saturated rings. The van der Waals surface area contributed by atoms with Crippen molar-refractivity contribution in [3.63, 3.8) is 0 Å². The maximum Gasteiger partial charge on any atom is 0.358 e. The number of hydrogen-bond donors (Lipinski definition) is 2. The van der Waals surface area contributed by atoms with Gasteiger partial charge in [0.25, 0.3) is 0 Å². The van der Waals surface area contributed by atoms with Crippen LogP contribution in [0.2, 0.25) is 0 Å². The van der Waals surface area contributed by atoms with Crippen LogP contribution in [0.1, 0.15) is 40.4 Å². The minimum atomic E-state index is -1.11. The molecule has 0 bridgehead atoms. The second kappa shape index (κ2) is 11.0. The zero-order valence-electron chi connectivity index (χ0n) is 18.5. The zero-order valence-corrected chi connectivity index (χ0v) is 19.3. The van der Waals surface area contributed by atoms with E-state index in [1.165, 1.54) is 0 Å². The van der Waals surface area contributed by atoms with E-state index in [2.05, 4.69) is 14.9 Å². The van der Waals surface area contributed by atoms with Crippen LogP contribution in [-0.4, -0.2) is 39.2 Å². The van der Waals surface area contributed by atoms with Crippen molar-refractivity contribution < 1.29 is 19.7 Å². The summed E-state index contributed by atoms with van der Waals surface area (Å²) in [5, 5.41) is 19.2. The molecule has 0 radical (unpaired) electrons. The second-order valence-electron chi connectivity index (χ2n) is 8.13. The number of carboxylic acid groups (broad SMARTS) is 1. The number of aromatic hydroxyl groups is 1. The molecular weight excluding hydrogens is 442 g/mol. The Hall–Kier alpha value is -3.32. The number of piperidine rings is 1. The highest BCUT2D eigenvalue weighted by molar-refractivity contribution is 5.88. The fraction of sp³-hybridized carbons (Fsp3) is 0.320. The van der Waals surface area contributed by atoms with E-state index in [4.69, 9.17) is 4.74 Å². The van der Waals surface area contributed by atoms with Gasteiger partial charge in [0.15, 0.2) is 11.4 Å². The van der Waals surface area contributed by atoms with Crippen molar-refractivity contribution in [3.8, 4) is 11.5 Å². The highest BCUT2D eigenvalue weighted by atomic mass is 35.5. The first-order chi connectivity index (χ1) is 15.5. The molecule has 3 aromatic rings. The van der Waals surface area contributed by atoms with E-state index in [-0.39, 0.29) is 36.2 Å². The molecule has 2 N–H and O–H groups in total. The number of aromatic carboxylic acids is 1. The van der Waals surface area contributed by atoms with Crippen LogP contribution in [0.4, 0.5) is 5.69 Å². The summed E-state index contributed by atoms with van der Waals surface area (Å²) in [4.78, 5) is 23.1. The molecule has 2 heterocycles. The average molecular weight is 470 g/mol. The number of rotatable bonds is 7. The number of hydrogen-bond acceptors (Lipinski definition) is 6. The lowest BCUT2D eigenvalue weighted by Crippen LogP contribution is -2.34. The molecule has 4 rings (SSSR count). The molecule has 1 aliphatic heterocycles. The van der Waals surface area contributed by atoms with Gasteiger partial charge in [0.05, 0.1) is 5.69 Å². The van der Waals surface area contributed by atoms with E-state index in [0.717, 1.165) is 37.2 Å². The number of anilines is 1. The lowest BCUT2D eigenvalue weighted by Gasteiger charge is -2.33. The van der Waals surface area contributed by atoms with Gasteiger partial charge in [-0.2, -0.15) is 0 Å². The van der Waals surface area contributed by atoms with Crippen LogP contribution in [0.3, 0.4) is 0 Å². The Labute approximate surface area is 199 Å². The van der Waals surface area contributed by atoms with Crippen molar-refractivity contribution in [2.45, 2.75) is 32.8 Å². The Balaban J connectivity index is 0.00000306. The number of phenolic OH excluding ortho intramolecular Hbond substituents is 1. The van der Waals surface area contributed by atoms with Gasteiger partial charge < -0.3 is 19.8 Å². The molecule has 8 heteroatoms. The number of ether oxygens (including phenoxy) is 1. The third-order valence-corrected chi connectivity index (χ3v) is 5.81. The number of aromatic nitrogens is 2. The van der Waals surface area contributed by atoms with Crippen LogP contribution in [0.15, 0.2) is 54.6 Å². The quantitative estimate of drug-likeness (QED) is 0.520. The van der Waals surface area contributed by atoms with E-state index in [0.29, 0.717) is 23.9 Å². The van der Waals surface area contributed by atoms with E-state index >= 15 is 0 Å². The lowest BCUT2D eigenvalue weighted by molar-refractivity contribution is 0.0683.